The van der Waals surface area contributed by atoms with E-state index in [4.69, 9.17) is 4.74 Å². The van der Waals surface area contributed by atoms with E-state index in [0.29, 0.717) is 18.7 Å². The first kappa shape index (κ1) is 20.2. The van der Waals surface area contributed by atoms with Crippen molar-refractivity contribution in [2.24, 2.45) is 0 Å². The van der Waals surface area contributed by atoms with Crippen LogP contribution in [0.1, 0.15) is 73.6 Å². The molecule has 0 saturated heterocycles. The Kier molecular flexibility index (Phi) is 4.82. The van der Waals surface area contributed by atoms with Crippen molar-refractivity contribution < 1.29 is 9.84 Å². The summed E-state index contributed by atoms with van der Waals surface area (Å²) >= 11 is 0. The van der Waals surface area contributed by atoms with Crippen LogP contribution in [-0.2, 0) is 6.42 Å². The highest BCUT2D eigenvalue weighted by molar-refractivity contribution is 5.86. The Hall–Kier alpha value is -3.41. The normalized spacial score (nSPS) is 18.3. The predicted octanol–water partition coefficient (Wildman–Crippen LogP) is 5.28. The van der Waals surface area contributed by atoms with Crippen molar-refractivity contribution in [1.82, 2.24) is 14.1 Å². The molecule has 1 saturated carbocycles. The predicted molar refractivity (Wildman–Crippen MR) is 128 cm³/mol. The fourth-order valence-corrected chi connectivity index (χ4v) is 5.84. The second-order valence-electron chi connectivity index (χ2n) is 9.23. The first-order valence-electron chi connectivity index (χ1n) is 12.0. The van der Waals surface area contributed by atoms with Crippen molar-refractivity contribution in [2.45, 2.75) is 57.5 Å². The van der Waals surface area contributed by atoms with Crippen LogP contribution in [0, 0.1) is 0 Å². The van der Waals surface area contributed by atoms with Crippen LogP contribution in [0.4, 0.5) is 0 Å². The Morgan fingerprint density at radius 1 is 1.03 bits per heavy atom. The van der Waals surface area contributed by atoms with Crippen molar-refractivity contribution in [3.63, 3.8) is 0 Å². The number of rotatable bonds is 4. The average molecular weight is 444 g/mol. The summed E-state index contributed by atoms with van der Waals surface area (Å²) in [6.45, 7) is 2.57. The van der Waals surface area contributed by atoms with Gasteiger partial charge in [0.25, 0.3) is 0 Å². The summed E-state index contributed by atoms with van der Waals surface area (Å²) in [5, 5.41) is 12.5. The number of nitrogens with one attached hydrogen (secondary N) is 1. The molecule has 33 heavy (non-hydrogen) atoms. The van der Waals surface area contributed by atoms with Crippen molar-refractivity contribution >= 4 is 10.9 Å². The number of fused-ring (bicyclic) bond motifs is 4. The van der Waals surface area contributed by atoms with E-state index in [1.807, 2.05) is 47.9 Å². The number of ether oxygens (including phenoxy) is 1. The number of aromatic nitrogens is 3. The maximum atomic E-state index is 13.8. The van der Waals surface area contributed by atoms with Gasteiger partial charge in [-0.1, -0.05) is 49.6 Å². The Balaban J connectivity index is 1.57. The number of hydrogen-bond acceptors (Lipinski definition) is 3. The molecule has 1 atom stereocenters. The zero-order valence-electron chi connectivity index (χ0n) is 18.9. The molecule has 170 valence electrons. The summed E-state index contributed by atoms with van der Waals surface area (Å²) in [6.07, 6.45) is 5.82. The van der Waals surface area contributed by atoms with E-state index < -0.39 is 0 Å². The molecule has 2 aromatic carbocycles. The molecule has 2 N–H and O–H groups in total. The lowest BCUT2D eigenvalue weighted by Crippen LogP contribution is -2.34. The van der Waals surface area contributed by atoms with Gasteiger partial charge in [-0.3, -0.25) is 9.13 Å². The molecule has 6 nitrogen and oxygen atoms in total. The zero-order chi connectivity index (χ0) is 22.5. The molecule has 0 radical (unpaired) electrons. The summed E-state index contributed by atoms with van der Waals surface area (Å²) in [7, 11) is 0. The second-order valence-corrected chi connectivity index (χ2v) is 9.23. The number of benzene rings is 2. The number of H-pyrrole nitrogens is 1. The quantitative estimate of drug-likeness (QED) is 0.397. The third-order valence-electron chi connectivity index (χ3n) is 7.36. The molecule has 6 rings (SSSR count). The summed E-state index contributed by atoms with van der Waals surface area (Å²) in [5.74, 6) is 0.947. The van der Waals surface area contributed by atoms with Crippen molar-refractivity contribution in [3.8, 4) is 11.6 Å². The summed E-state index contributed by atoms with van der Waals surface area (Å²) in [4.78, 5) is 17.4. The number of nitrogens with zero attached hydrogens (tertiary/aromatic N) is 2. The van der Waals surface area contributed by atoms with Gasteiger partial charge >= 0.3 is 5.69 Å². The van der Waals surface area contributed by atoms with Gasteiger partial charge in [0.1, 0.15) is 11.8 Å². The molecule has 0 amide bonds. The number of para-hydroxylation sites is 1. The average Bonchev–Trinajstić information content (AvgIpc) is 3.34. The molecule has 0 unspecified atom stereocenters. The van der Waals surface area contributed by atoms with Gasteiger partial charge in [-0.2, -0.15) is 0 Å². The topological polar surface area (TPSA) is 72.2 Å². The fourth-order valence-electron chi connectivity index (χ4n) is 5.84. The molecule has 1 aliphatic heterocycles. The van der Waals surface area contributed by atoms with Gasteiger partial charge in [-0.25, -0.2) is 4.79 Å². The highest BCUT2D eigenvalue weighted by atomic mass is 16.5. The zero-order valence-corrected chi connectivity index (χ0v) is 18.9. The van der Waals surface area contributed by atoms with Gasteiger partial charge in [-0.05, 0) is 49.1 Å². The number of aromatic amines is 1. The minimum atomic E-state index is -0.324. The molecule has 0 spiro atoms. The largest absolute Gasteiger partial charge is 0.494 e. The van der Waals surface area contributed by atoms with Crippen LogP contribution >= 0.6 is 0 Å². The molecule has 1 aliphatic carbocycles. The van der Waals surface area contributed by atoms with E-state index in [-0.39, 0.29) is 23.7 Å². The third-order valence-corrected chi connectivity index (χ3v) is 7.36. The maximum Gasteiger partial charge on any atom is 0.332 e. The first-order valence-corrected chi connectivity index (χ1v) is 12.0. The van der Waals surface area contributed by atoms with E-state index in [1.54, 1.807) is 4.57 Å². The summed E-state index contributed by atoms with van der Waals surface area (Å²) < 4.78 is 9.13. The smallest absolute Gasteiger partial charge is 0.332 e. The Morgan fingerprint density at radius 3 is 2.55 bits per heavy atom. The van der Waals surface area contributed by atoms with Crippen LogP contribution in [-0.4, -0.2) is 25.8 Å². The van der Waals surface area contributed by atoms with Crippen LogP contribution < -0.4 is 10.4 Å². The van der Waals surface area contributed by atoms with Gasteiger partial charge in [0.05, 0.1) is 12.3 Å². The lowest BCUT2D eigenvalue weighted by molar-refractivity contribution is 0.306. The van der Waals surface area contributed by atoms with Gasteiger partial charge in [-0.15, -0.1) is 0 Å². The van der Waals surface area contributed by atoms with Crippen molar-refractivity contribution in [1.29, 1.82) is 0 Å². The fraction of sp³-hybridized carbons (Fsp3) is 0.370. The third kappa shape index (κ3) is 3.11. The van der Waals surface area contributed by atoms with Crippen molar-refractivity contribution in [2.75, 3.05) is 6.61 Å². The molecule has 4 aromatic rings. The standard InChI is InChI=1S/C27H29N3O3/c1-2-33-19-14-12-17(13-15-19)25-24-21(20-10-6-7-11-22(20)28-24)16-23-26(31)29(27(32)30(23)25)18-8-4-3-5-9-18/h6-7,10-15,18,25,28,31H,2-5,8-9,16H2,1H3/t25-/m1/s1. The molecular weight excluding hydrogens is 414 g/mol. The minimum absolute atomic E-state index is 0.0698. The lowest BCUT2D eigenvalue weighted by Gasteiger charge is -2.26. The maximum absolute atomic E-state index is 13.8. The Morgan fingerprint density at radius 2 is 1.79 bits per heavy atom. The monoisotopic (exact) mass is 443 g/mol. The Bertz CT molecular complexity index is 1370. The van der Waals surface area contributed by atoms with Gasteiger partial charge < -0.3 is 14.8 Å². The number of hydrogen-bond donors (Lipinski definition) is 2. The molecule has 6 heteroatoms. The lowest BCUT2D eigenvalue weighted by atomic mass is 9.93. The Labute approximate surface area is 192 Å². The summed E-state index contributed by atoms with van der Waals surface area (Å²) in [5.41, 5.74) is 4.82. The van der Waals surface area contributed by atoms with Crippen LogP contribution in [0.3, 0.4) is 0 Å². The molecular formula is C27H29N3O3. The molecule has 0 bridgehead atoms. The van der Waals surface area contributed by atoms with Gasteiger partial charge in [0.2, 0.25) is 5.88 Å². The van der Waals surface area contributed by atoms with Crippen LogP contribution in [0.15, 0.2) is 53.3 Å². The van der Waals surface area contributed by atoms with Gasteiger partial charge in [0, 0.05) is 29.1 Å². The van der Waals surface area contributed by atoms with E-state index in [1.165, 1.54) is 6.42 Å². The highest BCUT2D eigenvalue weighted by Crippen LogP contribution is 2.42. The van der Waals surface area contributed by atoms with E-state index in [9.17, 15) is 9.90 Å². The van der Waals surface area contributed by atoms with Gasteiger partial charge in [0.15, 0.2) is 0 Å². The molecule has 3 heterocycles. The van der Waals surface area contributed by atoms with Crippen molar-refractivity contribution in [3.05, 3.63) is 81.5 Å². The number of imidazole rings is 1. The van der Waals surface area contributed by atoms with Crippen LogP contribution in [0.5, 0.6) is 11.6 Å². The van der Waals surface area contributed by atoms with Crippen LogP contribution in [0.2, 0.25) is 0 Å². The molecule has 2 aromatic heterocycles. The second kappa shape index (κ2) is 7.87. The highest BCUT2D eigenvalue weighted by Gasteiger charge is 2.36. The minimum Gasteiger partial charge on any atom is -0.494 e. The molecule has 1 fully saturated rings. The molecule has 2 aliphatic rings. The summed E-state index contributed by atoms with van der Waals surface area (Å²) in [6, 6.07) is 16.0. The number of aromatic hydroxyl groups is 1. The SMILES string of the molecule is CCOc1ccc([C@@H]2c3[nH]c4ccccc4c3Cc3c(O)n(C4CCCCC4)c(=O)n32)cc1. The first-order chi connectivity index (χ1) is 16.2. The van der Waals surface area contributed by atoms with E-state index in [2.05, 4.69) is 17.1 Å². The van der Waals surface area contributed by atoms with E-state index >= 15 is 0 Å². The van der Waals surface area contributed by atoms with E-state index in [0.717, 1.165) is 59.2 Å². The van der Waals surface area contributed by atoms with Crippen LogP contribution in [0.25, 0.3) is 10.9 Å².